The van der Waals surface area contributed by atoms with Gasteiger partial charge >= 0.3 is 5.97 Å². The van der Waals surface area contributed by atoms with Crippen LogP contribution in [0.5, 0.6) is 0 Å². The Hall–Kier alpha value is -0.920. The molecule has 0 aliphatic heterocycles. The SMILES string of the molecule is CCCCCCCCCC/C=C\CCSCC=C=CCCC(C)C(=O)O. The Balaban J connectivity index is 3.32. The van der Waals surface area contributed by atoms with Crippen molar-refractivity contribution in [1.29, 1.82) is 0 Å². The van der Waals surface area contributed by atoms with Crippen LogP contribution in [0, 0.1) is 5.92 Å². The summed E-state index contributed by atoms with van der Waals surface area (Å²) in [5, 5.41) is 8.78. The molecule has 0 aliphatic rings. The van der Waals surface area contributed by atoms with Crippen LogP contribution in [0.4, 0.5) is 0 Å². The van der Waals surface area contributed by atoms with Gasteiger partial charge in [0.2, 0.25) is 0 Å². The lowest BCUT2D eigenvalue weighted by Crippen LogP contribution is -2.08. The van der Waals surface area contributed by atoms with E-state index in [0.717, 1.165) is 24.3 Å². The molecule has 0 bridgehead atoms. The lowest BCUT2D eigenvalue weighted by atomic mass is 10.1. The molecular weight excluding hydrogens is 340 g/mol. The van der Waals surface area contributed by atoms with E-state index in [1.165, 1.54) is 57.8 Å². The smallest absolute Gasteiger partial charge is 0.306 e. The Morgan fingerprint density at radius 2 is 1.62 bits per heavy atom. The van der Waals surface area contributed by atoms with Crippen molar-refractivity contribution in [2.24, 2.45) is 5.92 Å². The number of hydrogen-bond donors (Lipinski definition) is 1. The molecule has 1 unspecified atom stereocenters. The van der Waals surface area contributed by atoms with E-state index in [1.54, 1.807) is 6.92 Å². The Morgan fingerprint density at radius 3 is 2.31 bits per heavy atom. The van der Waals surface area contributed by atoms with Crippen molar-refractivity contribution in [3.8, 4) is 0 Å². The maximum Gasteiger partial charge on any atom is 0.306 e. The first-order chi connectivity index (χ1) is 12.7. The third-order valence-corrected chi connectivity index (χ3v) is 5.35. The van der Waals surface area contributed by atoms with Crippen LogP contribution in [0.3, 0.4) is 0 Å². The fourth-order valence-corrected chi connectivity index (χ4v) is 3.28. The number of carboxylic acid groups (broad SMARTS) is 1. The van der Waals surface area contributed by atoms with E-state index >= 15 is 0 Å². The maximum absolute atomic E-state index is 10.7. The van der Waals surface area contributed by atoms with Gasteiger partial charge in [0, 0.05) is 5.75 Å². The van der Waals surface area contributed by atoms with Crippen LogP contribution in [0.25, 0.3) is 0 Å². The summed E-state index contributed by atoms with van der Waals surface area (Å²) in [7, 11) is 0. The summed E-state index contributed by atoms with van der Waals surface area (Å²) in [5.74, 6) is 1.16. The summed E-state index contributed by atoms with van der Waals surface area (Å²) < 4.78 is 0. The lowest BCUT2D eigenvalue weighted by Gasteiger charge is -2.00. The Morgan fingerprint density at radius 1 is 0.962 bits per heavy atom. The third kappa shape index (κ3) is 19.4. The number of rotatable bonds is 18. The van der Waals surface area contributed by atoms with E-state index in [9.17, 15) is 4.79 Å². The van der Waals surface area contributed by atoms with Crippen LogP contribution in [-0.4, -0.2) is 22.6 Å². The van der Waals surface area contributed by atoms with Gasteiger partial charge in [-0.15, -0.1) is 5.73 Å². The molecular formula is C23H40O2S. The van der Waals surface area contributed by atoms with Crippen LogP contribution in [0.2, 0.25) is 0 Å². The summed E-state index contributed by atoms with van der Waals surface area (Å²) >= 11 is 1.92. The molecule has 1 atom stereocenters. The standard InChI is InChI=1S/C23H40O2S/c1-3-4-5-6-7-8-9-10-11-12-14-17-20-26-21-18-15-13-16-19-22(2)23(24)25/h12-14,18,22H,3-11,16-17,19-21H2,1-2H3,(H,24,25)/b14-12-. The largest absolute Gasteiger partial charge is 0.481 e. The summed E-state index contributed by atoms with van der Waals surface area (Å²) in [6, 6.07) is 0. The first kappa shape index (κ1) is 25.1. The minimum Gasteiger partial charge on any atom is -0.481 e. The van der Waals surface area contributed by atoms with Crippen LogP contribution in [-0.2, 0) is 4.79 Å². The Labute approximate surface area is 166 Å². The van der Waals surface area contributed by atoms with E-state index in [2.05, 4.69) is 24.8 Å². The van der Waals surface area contributed by atoms with E-state index in [-0.39, 0.29) is 5.92 Å². The molecule has 0 aromatic rings. The molecule has 0 saturated carbocycles. The highest BCUT2D eigenvalue weighted by Gasteiger charge is 2.08. The number of carbonyl (C=O) groups is 1. The molecule has 0 spiro atoms. The van der Waals surface area contributed by atoms with Gasteiger partial charge in [-0.25, -0.2) is 0 Å². The van der Waals surface area contributed by atoms with Gasteiger partial charge in [0.25, 0.3) is 0 Å². The normalized spacial score (nSPS) is 12.1. The Bertz CT molecular complexity index is 408. The first-order valence-electron chi connectivity index (χ1n) is 10.5. The number of allylic oxidation sites excluding steroid dienone is 2. The minimum absolute atomic E-state index is 0.264. The molecule has 0 aromatic heterocycles. The quantitative estimate of drug-likeness (QED) is 0.153. The molecule has 0 heterocycles. The predicted octanol–water partition coefficient (Wildman–Crippen LogP) is 7.41. The van der Waals surface area contributed by atoms with Gasteiger partial charge < -0.3 is 5.11 Å². The van der Waals surface area contributed by atoms with E-state index < -0.39 is 5.97 Å². The molecule has 0 rings (SSSR count). The number of carboxylic acids is 1. The van der Waals surface area contributed by atoms with Gasteiger partial charge in [0.15, 0.2) is 0 Å². The molecule has 0 amide bonds. The molecule has 150 valence electrons. The molecule has 0 fully saturated rings. The number of hydrogen-bond acceptors (Lipinski definition) is 2. The van der Waals surface area contributed by atoms with Gasteiger partial charge in [-0.05, 0) is 50.0 Å². The molecule has 1 N–H and O–H groups in total. The van der Waals surface area contributed by atoms with E-state index in [1.807, 2.05) is 23.9 Å². The fourth-order valence-electron chi connectivity index (χ4n) is 2.60. The van der Waals surface area contributed by atoms with Crippen molar-refractivity contribution in [1.82, 2.24) is 0 Å². The van der Waals surface area contributed by atoms with Crippen molar-refractivity contribution in [2.45, 2.75) is 90.9 Å². The summed E-state index contributed by atoms with van der Waals surface area (Å²) in [6.45, 7) is 4.02. The summed E-state index contributed by atoms with van der Waals surface area (Å²) in [4.78, 5) is 10.7. The zero-order valence-corrected chi connectivity index (χ0v) is 17.9. The topological polar surface area (TPSA) is 37.3 Å². The van der Waals surface area contributed by atoms with Gasteiger partial charge in [-0.1, -0.05) is 70.9 Å². The van der Waals surface area contributed by atoms with E-state index in [4.69, 9.17) is 5.11 Å². The molecule has 0 aromatic carbocycles. The zero-order chi connectivity index (χ0) is 19.3. The van der Waals surface area contributed by atoms with Crippen molar-refractivity contribution in [3.05, 3.63) is 30.0 Å². The second-order valence-corrected chi connectivity index (χ2v) is 8.14. The van der Waals surface area contributed by atoms with Gasteiger partial charge in [0.05, 0.1) is 5.92 Å². The number of unbranched alkanes of at least 4 members (excludes halogenated alkanes) is 8. The summed E-state index contributed by atoms with van der Waals surface area (Å²) in [5.41, 5.74) is 3.14. The van der Waals surface area contributed by atoms with Crippen LogP contribution >= 0.6 is 11.8 Å². The van der Waals surface area contributed by atoms with Crippen LogP contribution < -0.4 is 0 Å². The van der Waals surface area contributed by atoms with E-state index in [0.29, 0.717) is 6.42 Å². The minimum atomic E-state index is -0.714. The molecule has 2 nitrogen and oxygen atoms in total. The first-order valence-corrected chi connectivity index (χ1v) is 11.7. The summed E-state index contributed by atoms with van der Waals surface area (Å²) in [6.07, 6.45) is 23.6. The number of thioether (sulfide) groups is 1. The second-order valence-electron chi connectivity index (χ2n) is 6.99. The monoisotopic (exact) mass is 380 g/mol. The maximum atomic E-state index is 10.7. The molecule has 0 aliphatic carbocycles. The Kier molecular flexibility index (Phi) is 19.7. The van der Waals surface area contributed by atoms with Gasteiger partial charge in [-0.2, -0.15) is 11.8 Å². The molecule has 0 radical (unpaired) electrons. The highest BCUT2D eigenvalue weighted by atomic mass is 32.2. The highest BCUT2D eigenvalue weighted by molar-refractivity contribution is 7.99. The van der Waals surface area contributed by atoms with Crippen molar-refractivity contribution in [2.75, 3.05) is 11.5 Å². The molecule has 0 saturated heterocycles. The average molecular weight is 381 g/mol. The lowest BCUT2D eigenvalue weighted by molar-refractivity contribution is -0.141. The molecule has 3 heteroatoms. The zero-order valence-electron chi connectivity index (χ0n) is 17.0. The van der Waals surface area contributed by atoms with Crippen molar-refractivity contribution in [3.63, 3.8) is 0 Å². The van der Waals surface area contributed by atoms with Gasteiger partial charge in [-0.3, -0.25) is 4.79 Å². The number of aliphatic carboxylic acids is 1. The average Bonchev–Trinajstić information content (AvgIpc) is 2.63. The predicted molar refractivity (Wildman–Crippen MR) is 117 cm³/mol. The van der Waals surface area contributed by atoms with Crippen LogP contribution in [0.15, 0.2) is 30.0 Å². The van der Waals surface area contributed by atoms with Gasteiger partial charge in [0.1, 0.15) is 0 Å². The van der Waals surface area contributed by atoms with Crippen molar-refractivity contribution >= 4 is 17.7 Å². The second kappa shape index (κ2) is 20.4. The van der Waals surface area contributed by atoms with Crippen LogP contribution in [0.1, 0.15) is 90.9 Å². The van der Waals surface area contributed by atoms with Crippen molar-refractivity contribution < 1.29 is 9.90 Å². The highest BCUT2D eigenvalue weighted by Crippen LogP contribution is 2.10. The fraction of sp³-hybridized carbons (Fsp3) is 0.739. The molecule has 26 heavy (non-hydrogen) atoms. The third-order valence-electron chi connectivity index (χ3n) is 4.42.